The van der Waals surface area contributed by atoms with E-state index in [4.69, 9.17) is 4.98 Å². The maximum atomic E-state index is 5.33. The van der Waals surface area contributed by atoms with Gasteiger partial charge < -0.3 is 0 Å². The average molecular weight is 812 g/mol. The summed E-state index contributed by atoms with van der Waals surface area (Å²) >= 11 is 0. The molecule has 0 saturated heterocycles. The van der Waals surface area contributed by atoms with Gasteiger partial charge in [-0.05, 0) is 160 Å². The number of rotatable bonds is 2. The van der Waals surface area contributed by atoms with E-state index in [0.29, 0.717) is 0 Å². The third kappa shape index (κ3) is 4.28. The van der Waals surface area contributed by atoms with Crippen LogP contribution < -0.4 is 0 Å². The van der Waals surface area contributed by atoms with E-state index in [0.717, 1.165) is 31.2 Å². The SMILES string of the molecule is c1ccc2c(c1)-c1ccc(-c3c4ccccc4c(-c4ccc5c(c4)C4(CCc6ccc7ccccc7c64)c4ccccc4-5)c4ncccc34)cc1C21CCc2ccc3ccccc3c21. The molecule has 1 heterocycles. The predicted octanol–water partition coefficient (Wildman–Crippen LogP) is 15.6. The molecule has 0 N–H and O–H groups in total. The molecule has 4 aliphatic rings. The van der Waals surface area contributed by atoms with Crippen molar-refractivity contribution in [2.24, 2.45) is 0 Å². The minimum Gasteiger partial charge on any atom is -0.256 e. The van der Waals surface area contributed by atoms with Crippen LogP contribution in [0.1, 0.15) is 57.3 Å². The highest BCUT2D eigenvalue weighted by molar-refractivity contribution is 6.20. The van der Waals surface area contributed by atoms with Crippen LogP contribution in [0.5, 0.6) is 0 Å². The molecule has 2 unspecified atom stereocenters. The smallest absolute Gasteiger partial charge is 0.0792 e. The molecule has 1 heteroatoms. The lowest BCUT2D eigenvalue weighted by Crippen LogP contribution is -2.24. The molecule has 11 aromatic rings. The molecule has 1 aromatic heterocycles. The van der Waals surface area contributed by atoms with Crippen LogP contribution in [0.4, 0.5) is 0 Å². The van der Waals surface area contributed by atoms with E-state index in [-0.39, 0.29) is 10.8 Å². The molecular formula is C63H41N. The van der Waals surface area contributed by atoms with Crippen molar-refractivity contribution >= 4 is 43.2 Å². The Morgan fingerprint density at radius 3 is 1.38 bits per heavy atom. The second-order valence-corrected chi connectivity index (χ2v) is 18.8. The van der Waals surface area contributed by atoms with Gasteiger partial charge in [-0.15, -0.1) is 0 Å². The van der Waals surface area contributed by atoms with Crippen molar-refractivity contribution in [3.05, 3.63) is 245 Å². The highest BCUT2D eigenvalue weighted by Gasteiger charge is 2.51. The van der Waals surface area contributed by atoms with Crippen molar-refractivity contribution in [3.8, 4) is 44.5 Å². The summed E-state index contributed by atoms with van der Waals surface area (Å²) < 4.78 is 0. The number of hydrogen-bond acceptors (Lipinski definition) is 1. The van der Waals surface area contributed by atoms with Gasteiger partial charge in [-0.1, -0.05) is 176 Å². The summed E-state index contributed by atoms with van der Waals surface area (Å²) in [5, 5.41) is 9.07. The summed E-state index contributed by atoms with van der Waals surface area (Å²) in [5.41, 5.74) is 22.7. The molecule has 0 radical (unpaired) electrons. The fourth-order valence-electron chi connectivity index (χ4n) is 13.7. The fourth-order valence-corrected chi connectivity index (χ4v) is 13.7. The van der Waals surface area contributed by atoms with Gasteiger partial charge in [0.05, 0.1) is 5.52 Å². The summed E-state index contributed by atoms with van der Waals surface area (Å²) in [6.07, 6.45) is 6.25. The van der Waals surface area contributed by atoms with Gasteiger partial charge >= 0.3 is 0 Å². The van der Waals surface area contributed by atoms with Crippen LogP contribution in [0, 0.1) is 0 Å². The van der Waals surface area contributed by atoms with Crippen molar-refractivity contribution in [1.82, 2.24) is 4.98 Å². The largest absolute Gasteiger partial charge is 0.256 e. The van der Waals surface area contributed by atoms with Crippen molar-refractivity contribution in [2.75, 3.05) is 0 Å². The molecule has 298 valence electrons. The molecule has 10 aromatic carbocycles. The summed E-state index contributed by atoms with van der Waals surface area (Å²) in [7, 11) is 0. The lowest BCUT2D eigenvalue weighted by Gasteiger charge is -2.30. The van der Waals surface area contributed by atoms with E-state index >= 15 is 0 Å². The predicted molar refractivity (Wildman–Crippen MR) is 265 cm³/mol. The van der Waals surface area contributed by atoms with Gasteiger partial charge in [-0.25, -0.2) is 0 Å². The van der Waals surface area contributed by atoms with E-state index in [1.807, 2.05) is 6.20 Å². The third-order valence-corrected chi connectivity index (χ3v) is 16.1. The molecular weight excluding hydrogens is 771 g/mol. The zero-order chi connectivity index (χ0) is 41.7. The third-order valence-electron chi connectivity index (χ3n) is 16.1. The van der Waals surface area contributed by atoms with Crippen molar-refractivity contribution < 1.29 is 0 Å². The van der Waals surface area contributed by atoms with Gasteiger partial charge in [-0.3, -0.25) is 4.98 Å². The second-order valence-electron chi connectivity index (χ2n) is 18.8. The van der Waals surface area contributed by atoms with Crippen molar-refractivity contribution in [3.63, 3.8) is 0 Å². The number of aromatic nitrogens is 1. The summed E-state index contributed by atoms with van der Waals surface area (Å²) in [4.78, 5) is 5.33. The Bertz CT molecular complexity index is 3560. The first-order valence-electron chi connectivity index (χ1n) is 23.0. The highest BCUT2D eigenvalue weighted by Crippen LogP contribution is 2.62. The van der Waals surface area contributed by atoms with Gasteiger partial charge in [0.1, 0.15) is 0 Å². The second kappa shape index (κ2) is 12.5. The lowest BCUT2D eigenvalue weighted by atomic mass is 9.71. The Kier molecular flexibility index (Phi) is 6.83. The molecule has 0 aliphatic heterocycles. The summed E-state index contributed by atoms with van der Waals surface area (Å²) in [6.45, 7) is 0. The minimum atomic E-state index is -0.223. The molecule has 0 fully saturated rings. The topological polar surface area (TPSA) is 12.9 Å². The molecule has 4 aliphatic carbocycles. The minimum absolute atomic E-state index is 0.218. The van der Waals surface area contributed by atoms with Gasteiger partial charge in [0.2, 0.25) is 0 Å². The first-order valence-corrected chi connectivity index (χ1v) is 23.0. The fraction of sp³-hybridized carbons (Fsp3) is 0.0952. The number of nitrogens with zero attached hydrogens (tertiary/aromatic N) is 1. The summed E-state index contributed by atoms with van der Waals surface area (Å²) in [5.74, 6) is 0. The number of hydrogen-bond donors (Lipinski definition) is 0. The highest BCUT2D eigenvalue weighted by atomic mass is 14.7. The quantitative estimate of drug-likeness (QED) is 0.159. The molecule has 0 saturated carbocycles. The van der Waals surface area contributed by atoms with E-state index in [2.05, 4.69) is 194 Å². The molecule has 2 atom stereocenters. The van der Waals surface area contributed by atoms with Gasteiger partial charge in [0.15, 0.2) is 0 Å². The standard InChI is InChI=1S/C63H41N/c1-3-14-44-38(12-1)23-25-40-31-33-62(59(40)44)53-21-9-7-16-46(53)48-29-27-42(36-55(48)62)57-50-18-5-6-19-51(50)58(61-52(57)20-11-35-64-61)43-28-30-49-47-17-8-10-22-54(47)63(56(49)37-43)34-32-41-26-24-39-13-2-4-15-45(39)60(41)63/h1-30,35-37H,31-34H2. The number of benzene rings is 10. The van der Waals surface area contributed by atoms with E-state index in [1.165, 1.54) is 127 Å². The van der Waals surface area contributed by atoms with Crippen LogP contribution in [0.3, 0.4) is 0 Å². The van der Waals surface area contributed by atoms with Crippen LogP contribution in [0.25, 0.3) is 87.7 Å². The van der Waals surface area contributed by atoms with Crippen molar-refractivity contribution in [1.29, 1.82) is 0 Å². The molecule has 64 heavy (non-hydrogen) atoms. The van der Waals surface area contributed by atoms with Gasteiger partial charge in [0.25, 0.3) is 0 Å². The first-order chi connectivity index (χ1) is 31.7. The van der Waals surface area contributed by atoms with E-state index < -0.39 is 0 Å². The molecule has 0 amide bonds. The van der Waals surface area contributed by atoms with E-state index in [9.17, 15) is 0 Å². The van der Waals surface area contributed by atoms with Crippen LogP contribution in [-0.2, 0) is 23.7 Å². The maximum Gasteiger partial charge on any atom is 0.0792 e. The van der Waals surface area contributed by atoms with Crippen LogP contribution in [0.2, 0.25) is 0 Å². The van der Waals surface area contributed by atoms with Crippen molar-refractivity contribution in [2.45, 2.75) is 36.5 Å². The Morgan fingerprint density at radius 2 is 0.797 bits per heavy atom. The maximum absolute atomic E-state index is 5.33. The first kappa shape index (κ1) is 34.9. The number of aryl methyl sites for hydroxylation is 2. The zero-order valence-corrected chi connectivity index (χ0v) is 35.3. The van der Waals surface area contributed by atoms with Crippen LogP contribution >= 0.6 is 0 Å². The summed E-state index contributed by atoms with van der Waals surface area (Å²) in [6, 6.07) is 74.2. The zero-order valence-electron chi connectivity index (χ0n) is 35.3. The lowest BCUT2D eigenvalue weighted by molar-refractivity contribution is 0.630. The van der Waals surface area contributed by atoms with Crippen LogP contribution in [-0.4, -0.2) is 4.98 Å². The normalized spacial score (nSPS) is 18.5. The monoisotopic (exact) mass is 811 g/mol. The van der Waals surface area contributed by atoms with E-state index in [1.54, 1.807) is 0 Å². The molecule has 0 bridgehead atoms. The Balaban J connectivity index is 0.977. The molecule has 1 nitrogen and oxygen atoms in total. The van der Waals surface area contributed by atoms with Gasteiger partial charge in [-0.2, -0.15) is 0 Å². The average Bonchev–Trinajstić information content (AvgIpc) is 4.10. The Morgan fingerprint density at radius 1 is 0.344 bits per heavy atom. The van der Waals surface area contributed by atoms with Gasteiger partial charge in [0, 0.05) is 28.0 Å². The number of pyridine rings is 1. The number of fused-ring (bicyclic) bond motifs is 20. The van der Waals surface area contributed by atoms with Crippen LogP contribution in [0.15, 0.2) is 200 Å². The molecule has 2 spiro atoms. The molecule has 15 rings (SSSR count). The Labute approximate surface area is 372 Å². The Hall–Kier alpha value is -7.61.